The Labute approximate surface area is 352 Å². The zero-order valence-electron chi connectivity index (χ0n) is 33.1. The molecule has 2 heterocycles. The molecule has 0 amide bonds. The minimum atomic E-state index is 0.667. The van der Waals surface area contributed by atoms with Crippen LogP contribution in [0.25, 0.3) is 116 Å². The van der Waals surface area contributed by atoms with Crippen LogP contribution in [0.4, 0.5) is 0 Å². The zero-order valence-corrected chi connectivity index (χ0v) is 33.1. The van der Waals surface area contributed by atoms with Gasteiger partial charge in [0.25, 0.3) is 0 Å². The van der Waals surface area contributed by atoms with E-state index in [0.717, 1.165) is 67.0 Å². The molecule has 2 aromatic heterocycles. The van der Waals surface area contributed by atoms with Gasteiger partial charge in [-0.15, -0.1) is 0 Å². The molecule has 0 bridgehead atoms. The van der Waals surface area contributed by atoms with E-state index in [0.29, 0.717) is 5.82 Å². The first kappa shape index (κ1) is 34.8. The number of nitrogens with zero attached hydrogens (tertiary/aromatic N) is 4. The average Bonchev–Trinajstić information content (AvgIpc) is 3.73. The summed E-state index contributed by atoms with van der Waals surface area (Å²) in [5.41, 5.74) is 11.3. The summed E-state index contributed by atoms with van der Waals surface area (Å²) in [6.07, 6.45) is 0. The van der Waals surface area contributed by atoms with Crippen LogP contribution in [-0.4, -0.2) is 19.5 Å². The van der Waals surface area contributed by atoms with Gasteiger partial charge in [-0.25, -0.2) is 15.0 Å². The van der Waals surface area contributed by atoms with Gasteiger partial charge in [-0.3, -0.25) is 4.57 Å². The quantitative estimate of drug-likeness (QED) is 0.158. The summed E-state index contributed by atoms with van der Waals surface area (Å²) in [7, 11) is 0. The monoisotopic (exact) mass is 776 g/mol. The van der Waals surface area contributed by atoms with Crippen molar-refractivity contribution in [2.75, 3.05) is 0 Å². The minimum absolute atomic E-state index is 0.667. The Morgan fingerprint density at radius 3 is 1.38 bits per heavy atom. The van der Waals surface area contributed by atoms with E-state index in [1.807, 2.05) is 12.1 Å². The van der Waals surface area contributed by atoms with Gasteiger partial charge in [0.05, 0.1) is 22.4 Å². The molecule has 12 aromatic rings. The van der Waals surface area contributed by atoms with Gasteiger partial charge in [-0.05, 0) is 109 Å². The summed E-state index contributed by atoms with van der Waals surface area (Å²) in [6, 6.07) is 77.4. The fourth-order valence-electron chi connectivity index (χ4n) is 9.07. The maximum absolute atomic E-state index is 5.41. The Balaban J connectivity index is 1.04. The molecule has 10 aromatic carbocycles. The molecule has 0 unspecified atom stereocenters. The fraction of sp³-hybridized carbons (Fsp3) is 0. The molecule has 0 aliphatic carbocycles. The van der Waals surface area contributed by atoms with Gasteiger partial charge in [-0.2, -0.15) is 0 Å². The van der Waals surface area contributed by atoms with Gasteiger partial charge in [0, 0.05) is 27.9 Å². The molecule has 284 valence electrons. The minimum Gasteiger partial charge on any atom is -0.292 e. The molecule has 0 atom stereocenters. The van der Waals surface area contributed by atoms with Crippen LogP contribution in [0.2, 0.25) is 0 Å². The van der Waals surface area contributed by atoms with Crippen LogP contribution in [0.5, 0.6) is 0 Å². The Kier molecular flexibility index (Phi) is 8.13. The summed E-state index contributed by atoms with van der Waals surface area (Å²) in [5, 5.41) is 9.54. The van der Waals surface area contributed by atoms with Crippen LogP contribution in [-0.2, 0) is 0 Å². The molecular formula is C57H36N4. The largest absolute Gasteiger partial charge is 0.292 e. The van der Waals surface area contributed by atoms with Crippen LogP contribution >= 0.6 is 0 Å². The van der Waals surface area contributed by atoms with Crippen molar-refractivity contribution >= 4 is 54.1 Å². The molecule has 0 saturated carbocycles. The number of para-hydroxylation sites is 2. The highest BCUT2D eigenvalue weighted by molar-refractivity contribution is 6.15. The average molecular weight is 777 g/mol. The van der Waals surface area contributed by atoms with E-state index in [4.69, 9.17) is 15.0 Å². The summed E-state index contributed by atoms with van der Waals surface area (Å²) in [4.78, 5) is 16.0. The lowest BCUT2D eigenvalue weighted by atomic mass is 9.93. The van der Waals surface area contributed by atoms with Gasteiger partial charge in [0.2, 0.25) is 0 Å². The van der Waals surface area contributed by atoms with Gasteiger partial charge in [-0.1, -0.05) is 164 Å². The molecule has 4 heteroatoms. The van der Waals surface area contributed by atoms with E-state index in [1.165, 1.54) is 43.4 Å². The molecule has 0 saturated heterocycles. The second-order valence-electron chi connectivity index (χ2n) is 15.6. The normalized spacial score (nSPS) is 11.6. The number of fused-ring (bicyclic) bond motifs is 7. The van der Waals surface area contributed by atoms with Crippen LogP contribution in [0, 0.1) is 0 Å². The van der Waals surface area contributed by atoms with Crippen LogP contribution in [0.3, 0.4) is 0 Å². The second-order valence-corrected chi connectivity index (χ2v) is 15.6. The third-order valence-electron chi connectivity index (χ3n) is 12.0. The van der Waals surface area contributed by atoms with E-state index in [2.05, 4.69) is 211 Å². The standard InChI is InChI=1S/C57H36N4/c1-2-14-37(15-3-1)38-26-28-40(29-27-38)57-60-52-24-12-13-25-55(52)61(57)43-32-30-39(31-33-43)56-58-53(50-34-41-16-4-6-18-44(41)46-20-8-10-22-48(46)50)36-54(59-56)51-35-42-17-5-7-19-45(42)47-21-9-11-23-49(47)51/h1-36H. The lowest BCUT2D eigenvalue weighted by Crippen LogP contribution is -1.99. The van der Waals surface area contributed by atoms with E-state index in [-0.39, 0.29) is 0 Å². The number of benzene rings is 10. The highest BCUT2D eigenvalue weighted by atomic mass is 15.1. The number of hydrogen-bond donors (Lipinski definition) is 0. The maximum Gasteiger partial charge on any atom is 0.160 e. The van der Waals surface area contributed by atoms with Gasteiger partial charge < -0.3 is 0 Å². The number of aromatic nitrogens is 4. The highest BCUT2D eigenvalue weighted by Gasteiger charge is 2.19. The SMILES string of the molecule is c1ccc(-c2ccc(-c3nc4ccccc4n3-c3ccc(-c4nc(-c5cc6ccccc6c6ccccc56)cc(-c5cc6ccccc6c6ccccc56)n4)cc3)cc2)cc1. The van der Waals surface area contributed by atoms with E-state index >= 15 is 0 Å². The smallest absolute Gasteiger partial charge is 0.160 e. The predicted octanol–water partition coefficient (Wildman–Crippen LogP) is 14.8. The summed E-state index contributed by atoms with van der Waals surface area (Å²) < 4.78 is 2.25. The summed E-state index contributed by atoms with van der Waals surface area (Å²) >= 11 is 0. The molecular weight excluding hydrogens is 741 g/mol. The van der Waals surface area contributed by atoms with Crippen molar-refractivity contribution in [1.82, 2.24) is 19.5 Å². The molecule has 4 nitrogen and oxygen atoms in total. The third kappa shape index (κ3) is 5.96. The van der Waals surface area contributed by atoms with Crippen molar-refractivity contribution in [1.29, 1.82) is 0 Å². The van der Waals surface area contributed by atoms with Crippen molar-refractivity contribution in [3.8, 4) is 62.1 Å². The zero-order chi connectivity index (χ0) is 40.3. The highest BCUT2D eigenvalue weighted by Crippen LogP contribution is 2.40. The van der Waals surface area contributed by atoms with Crippen molar-refractivity contribution < 1.29 is 0 Å². The van der Waals surface area contributed by atoms with Crippen molar-refractivity contribution in [3.63, 3.8) is 0 Å². The van der Waals surface area contributed by atoms with E-state index in [1.54, 1.807) is 0 Å². The van der Waals surface area contributed by atoms with Crippen LogP contribution in [0.15, 0.2) is 218 Å². The van der Waals surface area contributed by atoms with E-state index < -0.39 is 0 Å². The first-order valence-corrected chi connectivity index (χ1v) is 20.7. The first-order chi connectivity index (χ1) is 30.2. The number of rotatable bonds is 6. The van der Waals surface area contributed by atoms with Crippen molar-refractivity contribution in [3.05, 3.63) is 218 Å². The predicted molar refractivity (Wildman–Crippen MR) is 254 cm³/mol. The Morgan fingerprint density at radius 2 is 0.770 bits per heavy atom. The summed E-state index contributed by atoms with van der Waals surface area (Å²) in [6.45, 7) is 0. The number of imidazole rings is 1. The van der Waals surface area contributed by atoms with Crippen molar-refractivity contribution in [2.24, 2.45) is 0 Å². The molecule has 0 radical (unpaired) electrons. The second kappa shape index (κ2) is 14.3. The molecule has 0 aliphatic rings. The Bertz CT molecular complexity index is 3490. The summed E-state index contributed by atoms with van der Waals surface area (Å²) in [5.74, 6) is 1.56. The van der Waals surface area contributed by atoms with Gasteiger partial charge >= 0.3 is 0 Å². The molecule has 0 N–H and O–H groups in total. The fourth-order valence-corrected chi connectivity index (χ4v) is 9.07. The van der Waals surface area contributed by atoms with Crippen LogP contribution in [0.1, 0.15) is 0 Å². The molecule has 0 aliphatic heterocycles. The molecule has 0 spiro atoms. The third-order valence-corrected chi connectivity index (χ3v) is 12.0. The topological polar surface area (TPSA) is 43.6 Å². The molecule has 61 heavy (non-hydrogen) atoms. The lowest BCUT2D eigenvalue weighted by molar-refractivity contribution is 1.10. The molecule has 0 fully saturated rings. The molecule has 12 rings (SSSR count). The van der Waals surface area contributed by atoms with Gasteiger partial charge in [0.1, 0.15) is 5.82 Å². The van der Waals surface area contributed by atoms with E-state index in [9.17, 15) is 0 Å². The number of hydrogen-bond acceptors (Lipinski definition) is 3. The Morgan fingerprint density at radius 1 is 0.311 bits per heavy atom. The van der Waals surface area contributed by atoms with Gasteiger partial charge in [0.15, 0.2) is 5.82 Å². The first-order valence-electron chi connectivity index (χ1n) is 20.7. The van der Waals surface area contributed by atoms with Crippen LogP contribution < -0.4 is 0 Å². The Hall–Kier alpha value is -8.21. The maximum atomic E-state index is 5.41. The van der Waals surface area contributed by atoms with Crippen molar-refractivity contribution in [2.45, 2.75) is 0 Å². The lowest BCUT2D eigenvalue weighted by Gasteiger charge is -2.15.